The molecule has 1 aliphatic rings. The summed E-state index contributed by atoms with van der Waals surface area (Å²) in [5.41, 5.74) is 2.43. The zero-order chi connectivity index (χ0) is 14.5. The van der Waals surface area contributed by atoms with Crippen molar-refractivity contribution < 1.29 is 4.39 Å². The van der Waals surface area contributed by atoms with Crippen LogP contribution in [0.15, 0.2) is 36.7 Å². The molecule has 0 saturated heterocycles. The lowest BCUT2D eigenvalue weighted by atomic mass is 9.87. The molecule has 1 heterocycles. The maximum absolute atomic E-state index is 13.5. The fourth-order valence-corrected chi connectivity index (χ4v) is 2.86. The summed E-state index contributed by atoms with van der Waals surface area (Å²) in [4.78, 5) is 8.99. The van der Waals surface area contributed by atoms with Crippen LogP contribution in [0, 0.1) is 5.82 Å². The van der Waals surface area contributed by atoms with Crippen molar-refractivity contribution in [2.45, 2.75) is 44.6 Å². The number of benzene rings is 1. The Kier molecular flexibility index (Phi) is 4.43. The molecule has 1 N–H and O–H groups in total. The van der Waals surface area contributed by atoms with Gasteiger partial charge in [0.25, 0.3) is 0 Å². The average Bonchev–Trinajstić information content (AvgIpc) is 2.55. The fourth-order valence-electron chi connectivity index (χ4n) is 2.86. The van der Waals surface area contributed by atoms with Crippen molar-refractivity contribution in [1.29, 1.82) is 0 Å². The van der Waals surface area contributed by atoms with E-state index >= 15 is 0 Å². The molecule has 0 bridgehead atoms. The first-order valence-electron chi connectivity index (χ1n) is 7.62. The Labute approximate surface area is 124 Å². The summed E-state index contributed by atoms with van der Waals surface area (Å²) in [5, 5.41) is 3.05. The van der Waals surface area contributed by atoms with Crippen LogP contribution in [-0.2, 0) is 6.54 Å². The van der Waals surface area contributed by atoms with Gasteiger partial charge < -0.3 is 5.32 Å². The van der Waals surface area contributed by atoms with Gasteiger partial charge in [-0.25, -0.2) is 4.39 Å². The van der Waals surface area contributed by atoms with Gasteiger partial charge in [0, 0.05) is 12.1 Å². The van der Waals surface area contributed by atoms with Gasteiger partial charge in [-0.05, 0) is 25.0 Å². The molecule has 1 saturated carbocycles. The minimum absolute atomic E-state index is 0.246. The molecule has 3 rings (SSSR count). The number of nitrogens with one attached hydrogen (secondary N) is 1. The van der Waals surface area contributed by atoms with E-state index in [4.69, 9.17) is 0 Å². The summed E-state index contributed by atoms with van der Waals surface area (Å²) in [6.45, 7) is 0.485. The van der Waals surface area contributed by atoms with Gasteiger partial charge in [0.05, 0.1) is 29.8 Å². The number of aromatic nitrogens is 2. The predicted octanol–water partition coefficient (Wildman–Crippen LogP) is 4.28. The number of halogens is 1. The van der Waals surface area contributed by atoms with Crippen LogP contribution < -0.4 is 5.32 Å². The third-order valence-electron chi connectivity index (χ3n) is 4.08. The average molecular weight is 285 g/mol. The highest BCUT2D eigenvalue weighted by molar-refractivity contribution is 5.44. The van der Waals surface area contributed by atoms with E-state index in [9.17, 15) is 4.39 Å². The van der Waals surface area contributed by atoms with Crippen LogP contribution in [0.5, 0.6) is 0 Å². The second kappa shape index (κ2) is 6.66. The Morgan fingerprint density at radius 3 is 2.57 bits per heavy atom. The number of rotatable bonds is 4. The second-order valence-corrected chi connectivity index (χ2v) is 5.60. The lowest BCUT2D eigenvalue weighted by Gasteiger charge is -2.20. The molecule has 0 atom stereocenters. The van der Waals surface area contributed by atoms with Crippen LogP contribution in [0.3, 0.4) is 0 Å². The zero-order valence-corrected chi connectivity index (χ0v) is 12.1. The van der Waals surface area contributed by atoms with Gasteiger partial charge >= 0.3 is 0 Å². The van der Waals surface area contributed by atoms with Gasteiger partial charge in [-0.15, -0.1) is 0 Å². The van der Waals surface area contributed by atoms with Crippen molar-refractivity contribution in [2.24, 2.45) is 0 Å². The van der Waals surface area contributed by atoms with Crippen LogP contribution in [0.2, 0.25) is 0 Å². The standard InChI is InChI=1S/C17H20FN3/c18-15-8-4-5-9-16(15)20-10-14-11-21-17(12-19-14)13-6-2-1-3-7-13/h4-5,8-9,11-13,20H,1-3,6-7,10H2. The normalized spacial score (nSPS) is 15.9. The van der Waals surface area contributed by atoms with E-state index in [1.165, 1.54) is 38.2 Å². The molecule has 0 unspecified atom stereocenters. The number of nitrogens with zero attached hydrogens (tertiary/aromatic N) is 2. The van der Waals surface area contributed by atoms with E-state index in [0.717, 1.165) is 11.4 Å². The maximum Gasteiger partial charge on any atom is 0.146 e. The summed E-state index contributed by atoms with van der Waals surface area (Å²) in [6, 6.07) is 6.65. The highest BCUT2D eigenvalue weighted by Gasteiger charge is 2.16. The molecule has 1 aromatic heterocycles. The summed E-state index contributed by atoms with van der Waals surface area (Å²) in [5.74, 6) is 0.323. The minimum atomic E-state index is -0.246. The molecule has 1 aliphatic carbocycles. The number of anilines is 1. The fraction of sp³-hybridized carbons (Fsp3) is 0.412. The molecule has 1 aromatic carbocycles. The first-order valence-corrected chi connectivity index (χ1v) is 7.62. The van der Waals surface area contributed by atoms with Crippen LogP contribution in [0.25, 0.3) is 0 Å². The Morgan fingerprint density at radius 1 is 1.05 bits per heavy atom. The molecule has 3 nitrogen and oxygen atoms in total. The molecule has 0 radical (unpaired) electrons. The number of hydrogen-bond donors (Lipinski definition) is 1. The third kappa shape index (κ3) is 3.57. The van der Waals surface area contributed by atoms with E-state index in [-0.39, 0.29) is 5.82 Å². The van der Waals surface area contributed by atoms with E-state index in [1.54, 1.807) is 18.3 Å². The Morgan fingerprint density at radius 2 is 1.86 bits per heavy atom. The highest BCUT2D eigenvalue weighted by Crippen LogP contribution is 2.30. The molecule has 0 spiro atoms. The maximum atomic E-state index is 13.5. The Balaban J connectivity index is 1.60. The zero-order valence-electron chi connectivity index (χ0n) is 12.1. The first-order chi connectivity index (χ1) is 10.3. The third-order valence-corrected chi connectivity index (χ3v) is 4.08. The summed E-state index contributed by atoms with van der Waals surface area (Å²) in [7, 11) is 0. The molecular weight excluding hydrogens is 265 g/mol. The SMILES string of the molecule is Fc1ccccc1NCc1cnc(C2CCCCC2)cn1. The van der Waals surface area contributed by atoms with Gasteiger partial charge in [0.15, 0.2) is 0 Å². The summed E-state index contributed by atoms with van der Waals surface area (Å²) in [6.07, 6.45) is 10.1. The quantitative estimate of drug-likeness (QED) is 0.911. The molecule has 21 heavy (non-hydrogen) atoms. The molecule has 2 aromatic rings. The van der Waals surface area contributed by atoms with Crippen LogP contribution in [-0.4, -0.2) is 9.97 Å². The predicted molar refractivity (Wildman–Crippen MR) is 81.6 cm³/mol. The Bertz CT molecular complexity index is 577. The lowest BCUT2D eigenvalue weighted by molar-refractivity contribution is 0.435. The van der Waals surface area contributed by atoms with Crippen LogP contribution >= 0.6 is 0 Å². The van der Waals surface area contributed by atoms with E-state index in [0.29, 0.717) is 18.2 Å². The van der Waals surface area contributed by atoms with Crippen molar-refractivity contribution >= 4 is 5.69 Å². The lowest BCUT2D eigenvalue weighted by Crippen LogP contribution is -2.09. The monoisotopic (exact) mass is 285 g/mol. The molecule has 1 fully saturated rings. The molecular formula is C17H20FN3. The summed E-state index contributed by atoms with van der Waals surface area (Å²) >= 11 is 0. The molecule has 0 aliphatic heterocycles. The molecule has 4 heteroatoms. The van der Waals surface area contributed by atoms with Gasteiger partial charge in [-0.3, -0.25) is 9.97 Å². The van der Waals surface area contributed by atoms with E-state index in [1.807, 2.05) is 12.3 Å². The van der Waals surface area contributed by atoms with E-state index < -0.39 is 0 Å². The number of para-hydroxylation sites is 1. The Hall–Kier alpha value is -1.97. The first kappa shape index (κ1) is 14.0. The van der Waals surface area contributed by atoms with Crippen molar-refractivity contribution in [2.75, 3.05) is 5.32 Å². The second-order valence-electron chi connectivity index (χ2n) is 5.60. The largest absolute Gasteiger partial charge is 0.377 e. The smallest absolute Gasteiger partial charge is 0.146 e. The van der Waals surface area contributed by atoms with Crippen molar-refractivity contribution in [3.8, 4) is 0 Å². The van der Waals surface area contributed by atoms with Gasteiger partial charge in [-0.2, -0.15) is 0 Å². The van der Waals surface area contributed by atoms with Crippen molar-refractivity contribution in [3.05, 3.63) is 53.9 Å². The topological polar surface area (TPSA) is 37.8 Å². The van der Waals surface area contributed by atoms with Gasteiger partial charge in [-0.1, -0.05) is 31.4 Å². The van der Waals surface area contributed by atoms with Crippen LogP contribution in [0.4, 0.5) is 10.1 Å². The van der Waals surface area contributed by atoms with Crippen molar-refractivity contribution in [1.82, 2.24) is 9.97 Å². The number of hydrogen-bond acceptors (Lipinski definition) is 3. The summed E-state index contributed by atoms with van der Waals surface area (Å²) < 4.78 is 13.5. The molecule has 110 valence electrons. The van der Waals surface area contributed by atoms with Crippen molar-refractivity contribution in [3.63, 3.8) is 0 Å². The van der Waals surface area contributed by atoms with E-state index in [2.05, 4.69) is 15.3 Å². The highest BCUT2D eigenvalue weighted by atomic mass is 19.1. The molecule has 0 amide bonds. The van der Waals surface area contributed by atoms with Gasteiger partial charge in [0.2, 0.25) is 0 Å². The van der Waals surface area contributed by atoms with Crippen LogP contribution in [0.1, 0.15) is 49.4 Å². The minimum Gasteiger partial charge on any atom is -0.377 e. The van der Waals surface area contributed by atoms with Gasteiger partial charge in [0.1, 0.15) is 5.82 Å².